The number of nitrogens with zero attached hydrogens (tertiary/aromatic N) is 1. The molecule has 0 spiro atoms. The standard InChI is InChI=1S/C17H34N2O/c1-4-7-15-8-5-6-11-19(15)16-9-10-17(12-16,13-20)18-14(2)3/h14-16,18,20H,4-13H2,1-3H3. The van der Waals surface area contributed by atoms with Gasteiger partial charge in [0.05, 0.1) is 6.61 Å². The van der Waals surface area contributed by atoms with E-state index in [4.69, 9.17) is 0 Å². The van der Waals surface area contributed by atoms with Gasteiger partial charge in [0.25, 0.3) is 0 Å². The second-order valence-electron chi connectivity index (χ2n) is 7.31. The first-order valence-corrected chi connectivity index (χ1v) is 8.74. The van der Waals surface area contributed by atoms with Crippen LogP contribution in [-0.2, 0) is 0 Å². The Kier molecular flexibility index (Phi) is 5.88. The molecule has 1 aliphatic heterocycles. The van der Waals surface area contributed by atoms with Crippen LogP contribution >= 0.6 is 0 Å². The Labute approximate surface area is 125 Å². The average molecular weight is 282 g/mol. The van der Waals surface area contributed by atoms with Crippen molar-refractivity contribution in [3.8, 4) is 0 Å². The molecule has 0 aromatic carbocycles. The number of aliphatic hydroxyl groups excluding tert-OH is 1. The Morgan fingerprint density at radius 2 is 2.10 bits per heavy atom. The van der Waals surface area contributed by atoms with Crippen molar-refractivity contribution in [1.82, 2.24) is 10.2 Å². The van der Waals surface area contributed by atoms with Gasteiger partial charge >= 0.3 is 0 Å². The van der Waals surface area contributed by atoms with Crippen LogP contribution in [0.4, 0.5) is 0 Å². The quantitative estimate of drug-likeness (QED) is 0.786. The first kappa shape index (κ1) is 16.3. The van der Waals surface area contributed by atoms with Crippen LogP contribution in [0.2, 0.25) is 0 Å². The zero-order chi connectivity index (χ0) is 14.6. The Morgan fingerprint density at radius 1 is 1.30 bits per heavy atom. The van der Waals surface area contributed by atoms with Crippen LogP contribution < -0.4 is 5.32 Å². The number of piperidine rings is 1. The smallest absolute Gasteiger partial charge is 0.0614 e. The van der Waals surface area contributed by atoms with Crippen LogP contribution in [0, 0.1) is 0 Å². The van der Waals surface area contributed by atoms with Crippen molar-refractivity contribution in [2.24, 2.45) is 0 Å². The number of aliphatic hydroxyl groups is 1. The monoisotopic (exact) mass is 282 g/mol. The molecule has 3 unspecified atom stereocenters. The number of rotatable bonds is 6. The van der Waals surface area contributed by atoms with Gasteiger partial charge in [-0.25, -0.2) is 0 Å². The topological polar surface area (TPSA) is 35.5 Å². The molecule has 3 atom stereocenters. The number of nitrogens with one attached hydrogen (secondary N) is 1. The van der Waals surface area contributed by atoms with Gasteiger partial charge in [0.2, 0.25) is 0 Å². The molecule has 2 N–H and O–H groups in total. The Hall–Kier alpha value is -0.120. The van der Waals surface area contributed by atoms with E-state index >= 15 is 0 Å². The van der Waals surface area contributed by atoms with Crippen LogP contribution in [0.1, 0.15) is 72.1 Å². The third-order valence-electron chi connectivity index (χ3n) is 5.24. The van der Waals surface area contributed by atoms with E-state index in [2.05, 4.69) is 31.0 Å². The van der Waals surface area contributed by atoms with Crippen molar-refractivity contribution in [1.29, 1.82) is 0 Å². The minimum Gasteiger partial charge on any atom is -0.394 e. The van der Waals surface area contributed by atoms with Gasteiger partial charge < -0.3 is 10.4 Å². The average Bonchev–Trinajstić information content (AvgIpc) is 2.84. The fraction of sp³-hybridized carbons (Fsp3) is 1.00. The summed E-state index contributed by atoms with van der Waals surface area (Å²) in [6, 6.07) is 1.94. The molecule has 2 rings (SSSR count). The lowest BCUT2D eigenvalue weighted by atomic mass is 9.93. The number of hydrogen-bond donors (Lipinski definition) is 2. The molecule has 1 saturated carbocycles. The lowest BCUT2D eigenvalue weighted by molar-refractivity contribution is 0.0781. The largest absolute Gasteiger partial charge is 0.394 e. The summed E-state index contributed by atoms with van der Waals surface area (Å²) < 4.78 is 0. The van der Waals surface area contributed by atoms with E-state index in [1.165, 1.54) is 45.1 Å². The Morgan fingerprint density at radius 3 is 2.75 bits per heavy atom. The molecule has 0 amide bonds. The third kappa shape index (κ3) is 3.75. The summed E-state index contributed by atoms with van der Waals surface area (Å²) >= 11 is 0. The van der Waals surface area contributed by atoms with E-state index in [-0.39, 0.29) is 12.1 Å². The highest BCUT2D eigenvalue weighted by Crippen LogP contribution is 2.36. The highest BCUT2D eigenvalue weighted by atomic mass is 16.3. The molecule has 1 aliphatic carbocycles. The van der Waals surface area contributed by atoms with Crippen LogP contribution in [0.3, 0.4) is 0 Å². The second kappa shape index (κ2) is 7.24. The minimum atomic E-state index is -0.0208. The maximum Gasteiger partial charge on any atom is 0.0614 e. The fourth-order valence-corrected chi connectivity index (χ4v) is 4.46. The summed E-state index contributed by atoms with van der Waals surface area (Å²) in [4.78, 5) is 2.78. The predicted octanol–water partition coefficient (Wildman–Crippen LogP) is 2.92. The molecule has 2 fully saturated rings. The van der Waals surface area contributed by atoms with E-state index < -0.39 is 0 Å². The van der Waals surface area contributed by atoms with Crippen LogP contribution in [0.15, 0.2) is 0 Å². The molecule has 0 bridgehead atoms. The maximum atomic E-state index is 9.87. The molecule has 0 aromatic heterocycles. The highest BCUT2D eigenvalue weighted by molar-refractivity contribution is 5.01. The summed E-state index contributed by atoms with van der Waals surface area (Å²) in [6.07, 6.45) is 10.3. The normalized spacial score (nSPS) is 35.9. The van der Waals surface area contributed by atoms with Gasteiger partial charge in [-0.3, -0.25) is 4.90 Å². The second-order valence-corrected chi connectivity index (χ2v) is 7.31. The van der Waals surface area contributed by atoms with Gasteiger partial charge in [-0.15, -0.1) is 0 Å². The van der Waals surface area contributed by atoms with Gasteiger partial charge in [-0.05, 0) is 45.1 Å². The van der Waals surface area contributed by atoms with Gasteiger partial charge in [0, 0.05) is 23.7 Å². The molecule has 0 aromatic rings. The summed E-state index contributed by atoms with van der Waals surface area (Å²) in [5.41, 5.74) is -0.0208. The lowest BCUT2D eigenvalue weighted by Crippen LogP contribution is -2.52. The molecule has 2 aliphatic rings. The van der Waals surface area contributed by atoms with Crippen LogP contribution in [0.5, 0.6) is 0 Å². The Bertz CT molecular complexity index is 293. The molecule has 1 saturated heterocycles. The number of likely N-dealkylation sites (tertiary alicyclic amines) is 1. The lowest BCUT2D eigenvalue weighted by Gasteiger charge is -2.41. The third-order valence-corrected chi connectivity index (χ3v) is 5.24. The first-order valence-electron chi connectivity index (χ1n) is 8.74. The molecular formula is C17H34N2O. The van der Waals surface area contributed by atoms with Crippen molar-refractivity contribution in [3.63, 3.8) is 0 Å². The summed E-state index contributed by atoms with van der Waals surface area (Å²) in [7, 11) is 0. The van der Waals surface area contributed by atoms with E-state index in [0.29, 0.717) is 12.1 Å². The van der Waals surface area contributed by atoms with Crippen molar-refractivity contribution >= 4 is 0 Å². The van der Waals surface area contributed by atoms with Gasteiger partial charge in [-0.1, -0.05) is 33.6 Å². The Balaban J connectivity index is 1.99. The van der Waals surface area contributed by atoms with Crippen molar-refractivity contribution in [2.75, 3.05) is 13.2 Å². The molecule has 0 radical (unpaired) electrons. The number of hydrogen-bond acceptors (Lipinski definition) is 3. The molecule has 118 valence electrons. The van der Waals surface area contributed by atoms with Crippen molar-refractivity contribution in [2.45, 2.75) is 95.8 Å². The zero-order valence-corrected chi connectivity index (χ0v) is 13.7. The summed E-state index contributed by atoms with van der Waals surface area (Å²) in [6.45, 7) is 8.24. The van der Waals surface area contributed by atoms with Gasteiger partial charge in [-0.2, -0.15) is 0 Å². The van der Waals surface area contributed by atoms with Gasteiger partial charge in [0.1, 0.15) is 0 Å². The maximum absolute atomic E-state index is 9.87. The molecule has 3 heteroatoms. The van der Waals surface area contributed by atoms with E-state index in [1.807, 2.05) is 0 Å². The zero-order valence-electron chi connectivity index (χ0n) is 13.7. The van der Waals surface area contributed by atoms with Crippen LogP contribution in [-0.4, -0.2) is 46.8 Å². The first-order chi connectivity index (χ1) is 9.60. The van der Waals surface area contributed by atoms with E-state index in [1.54, 1.807) is 0 Å². The SMILES string of the molecule is CCCC1CCCCN1C1CCC(CO)(NC(C)C)C1. The highest BCUT2D eigenvalue weighted by Gasteiger charge is 2.42. The van der Waals surface area contributed by atoms with E-state index in [9.17, 15) is 5.11 Å². The summed E-state index contributed by atoms with van der Waals surface area (Å²) in [5.74, 6) is 0. The molecule has 20 heavy (non-hydrogen) atoms. The fourth-order valence-electron chi connectivity index (χ4n) is 4.46. The van der Waals surface area contributed by atoms with Crippen LogP contribution in [0.25, 0.3) is 0 Å². The predicted molar refractivity (Wildman–Crippen MR) is 85.0 cm³/mol. The van der Waals surface area contributed by atoms with Gasteiger partial charge in [0.15, 0.2) is 0 Å². The van der Waals surface area contributed by atoms with E-state index in [0.717, 1.165) is 18.9 Å². The molecule has 3 nitrogen and oxygen atoms in total. The molecule has 1 heterocycles. The van der Waals surface area contributed by atoms with Crippen molar-refractivity contribution in [3.05, 3.63) is 0 Å². The molecular weight excluding hydrogens is 248 g/mol. The summed E-state index contributed by atoms with van der Waals surface area (Å²) in [5, 5.41) is 13.5. The minimum absolute atomic E-state index is 0.0208. The van der Waals surface area contributed by atoms with Crippen molar-refractivity contribution < 1.29 is 5.11 Å².